The smallest absolute Gasteiger partial charge is 0.347 e. The zero-order valence-corrected chi connectivity index (χ0v) is 30.9. The maximum atomic E-state index is 14.0. The number of halogens is 4. The number of likely N-dealkylation sites (tertiary alicyclic amines) is 1. The van der Waals surface area contributed by atoms with Crippen LogP contribution >= 0.6 is 23.2 Å². The first-order valence-electron chi connectivity index (χ1n) is 17.1. The maximum Gasteiger partial charge on any atom is 0.347 e. The molecule has 1 amide bonds. The molecule has 1 unspecified atom stereocenters. The van der Waals surface area contributed by atoms with E-state index in [1.54, 1.807) is 25.5 Å². The zero-order valence-electron chi connectivity index (χ0n) is 29.4. The minimum atomic E-state index is -1.48. The van der Waals surface area contributed by atoms with Gasteiger partial charge in [0.15, 0.2) is 34.3 Å². The predicted molar refractivity (Wildman–Crippen MR) is 198 cm³/mol. The molecule has 2 aliphatic rings. The molecule has 272 valence electrons. The molecule has 1 N–H and O–H groups in total. The van der Waals surface area contributed by atoms with Gasteiger partial charge >= 0.3 is 5.97 Å². The quantitative estimate of drug-likeness (QED) is 0.195. The number of carbonyl (C=O) groups excluding carboxylic acids is 1. The molecular formula is C41H45Cl2F2NO5. The summed E-state index contributed by atoms with van der Waals surface area (Å²) in [5.41, 5.74) is 0.00702. The summed E-state index contributed by atoms with van der Waals surface area (Å²) in [5.74, 6) is -1.81. The second-order valence-corrected chi connectivity index (χ2v) is 14.5. The first kappa shape index (κ1) is 39.6. The van der Waals surface area contributed by atoms with Crippen LogP contribution in [0.4, 0.5) is 8.78 Å². The van der Waals surface area contributed by atoms with Crippen LogP contribution in [-0.2, 0) is 9.59 Å². The lowest BCUT2D eigenvalue weighted by Crippen LogP contribution is -2.48. The number of carboxylic acids is 1. The fourth-order valence-corrected chi connectivity index (χ4v) is 6.43. The Bertz CT molecular complexity index is 1750. The van der Waals surface area contributed by atoms with Crippen molar-refractivity contribution in [1.29, 1.82) is 0 Å². The van der Waals surface area contributed by atoms with Crippen molar-refractivity contribution in [2.24, 2.45) is 0 Å². The minimum Gasteiger partial charge on any atom is -0.478 e. The molecule has 6 rings (SSSR count). The van der Waals surface area contributed by atoms with Gasteiger partial charge in [-0.25, -0.2) is 13.6 Å². The molecule has 0 bridgehead atoms. The molecule has 2 fully saturated rings. The number of amides is 1. The predicted octanol–water partition coefficient (Wildman–Crippen LogP) is 11.1. The molecule has 1 saturated carbocycles. The number of nitrogens with zero attached hydrogens (tertiary/aromatic N) is 1. The monoisotopic (exact) mass is 739 g/mol. The number of rotatable bonds is 8. The number of carboxylic acid groups (broad SMARTS) is 1. The van der Waals surface area contributed by atoms with Crippen LogP contribution in [0.3, 0.4) is 0 Å². The number of aliphatic carboxylic acids is 1. The molecule has 6 nitrogen and oxygen atoms in total. The molecule has 51 heavy (non-hydrogen) atoms. The van der Waals surface area contributed by atoms with Crippen molar-refractivity contribution >= 4 is 35.1 Å². The van der Waals surface area contributed by atoms with E-state index in [0.717, 1.165) is 30.4 Å². The molecule has 1 saturated heterocycles. The first-order valence-corrected chi connectivity index (χ1v) is 17.9. The van der Waals surface area contributed by atoms with Gasteiger partial charge in [-0.3, -0.25) is 4.79 Å². The van der Waals surface area contributed by atoms with Gasteiger partial charge in [-0.05, 0) is 107 Å². The van der Waals surface area contributed by atoms with Crippen LogP contribution < -0.4 is 9.47 Å². The Hall–Kier alpha value is -4.14. The number of benzene rings is 4. The first-order chi connectivity index (χ1) is 24.2. The number of hydrogen-bond acceptors (Lipinski definition) is 4. The summed E-state index contributed by atoms with van der Waals surface area (Å²) in [6.07, 6.45) is 7.53. The standard InChI is InChI=1S/C20H21ClFNO2.C11H14.C10H10ClFO3/c1-20(2,25-18-11-10-15(21)13-16(18)22)19(24)23-12-6-9-17(23)14-7-4-3-5-8-14;1-2-6-10(7-3-1)11-8-4-5-9-11;1-10(2,9(13)14)15-8-4-3-6(11)5-7(8)12/h3-5,7-8,10-11,13,17H,6,9,12H2,1-2H3;1-3,6-7,11H,4-5,8-9H2;3-5H,1-2H3,(H,13,14). The van der Waals surface area contributed by atoms with Crippen molar-refractivity contribution in [2.75, 3.05) is 6.54 Å². The third kappa shape index (κ3) is 11.2. The molecule has 1 aliphatic carbocycles. The Kier molecular flexibility index (Phi) is 13.9. The second kappa shape index (κ2) is 17.9. The van der Waals surface area contributed by atoms with Crippen LogP contribution in [0.2, 0.25) is 10.0 Å². The van der Waals surface area contributed by atoms with Crippen molar-refractivity contribution < 1.29 is 33.0 Å². The Morgan fingerprint density at radius 2 is 1.16 bits per heavy atom. The Balaban J connectivity index is 0.000000190. The maximum absolute atomic E-state index is 14.0. The largest absolute Gasteiger partial charge is 0.478 e. The Morgan fingerprint density at radius 3 is 1.63 bits per heavy atom. The third-order valence-electron chi connectivity index (χ3n) is 8.87. The van der Waals surface area contributed by atoms with E-state index < -0.39 is 28.8 Å². The van der Waals surface area contributed by atoms with Gasteiger partial charge in [0.25, 0.3) is 5.91 Å². The van der Waals surface area contributed by atoms with Crippen LogP contribution in [0, 0.1) is 11.6 Å². The molecule has 10 heteroatoms. The summed E-state index contributed by atoms with van der Waals surface area (Å²) >= 11 is 11.3. The topological polar surface area (TPSA) is 76.1 Å². The molecule has 4 aromatic carbocycles. The fraction of sp³-hybridized carbons (Fsp3) is 0.366. The molecule has 1 atom stereocenters. The van der Waals surface area contributed by atoms with E-state index in [2.05, 4.69) is 30.3 Å². The average molecular weight is 741 g/mol. The van der Waals surface area contributed by atoms with Gasteiger partial charge in [0.1, 0.15) is 0 Å². The van der Waals surface area contributed by atoms with E-state index in [4.69, 9.17) is 37.8 Å². The minimum absolute atomic E-state index is 0.0261. The van der Waals surface area contributed by atoms with Crippen LogP contribution in [0.25, 0.3) is 0 Å². The fourth-order valence-electron chi connectivity index (χ4n) is 6.11. The van der Waals surface area contributed by atoms with Gasteiger partial charge in [-0.1, -0.05) is 96.7 Å². The summed E-state index contributed by atoms with van der Waals surface area (Å²) in [5, 5.41) is 9.29. The highest BCUT2D eigenvalue weighted by Gasteiger charge is 2.40. The lowest BCUT2D eigenvalue weighted by atomic mass is 9.98. The second-order valence-electron chi connectivity index (χ2n) is 13.6. The van der Waals surface area contributed by atoms with Crippen molar-refractivity contribution in [1.82, 2.24) is 4.90 Å². The third-order valence-corrected chi connectivity index (χ3v) is 9.34. The molecule has 0 aromatic heterocycles. The van der Waals surface area contributed by atoms with E-state index in [0.29, 0.717) is 6.54 Å². The Morgan fingerprint density at radius 1 is 0.686 bits per heavy atom. The van der Waals surface area contributed by atoms with Crippen LogP contribution in [0.5, 0.6) is 11.5 Å². The zero-order chi connectivity index (χ0) is 37.2. The highest BCUT2D eigenvalue weighted by Crippen LogP contribution is 2.36. The van der Waals surface area contributed by atoms with E-state index in [1.807, 2.05) is 35.2 Å². The lowest BCUT2D eigenvalue weighted by Gasteiger charge is -2.33. The highest BCUT2D eigenvalue weighted by molar-refractivity contribution is 6.30. The molecule has 0 spiro atoms. The molecule has 4 aromatic rings. The van der Waals surface area contributed by atoms with Gasteiger partial charge in [-0.2, -0.15) is 0 Å². The van der Waals surface area contributed by atoms with Crippen molar-refractivity contribution in [2.45, 2.75) is 89.4 Å². The van der Waals surface area contributed by atoms with Crippen molar-refractivity contribution in [3.8, 4) is 11.5 Å². The van der Waals surface area contributed by atoms with Crippen molar-refractivity contribution in [3.63, 3.8) is 0 Å². The SMILES string of the molecule is CC(C)(Oc1ccc(Cl)cc1F)C(=O)N1CCCC1c1ccccc1.CC(C)(Oc1ccc(Cl)cc1F)C(=O)O.c1ccc(C2CCCC2)cc1. The van der Waals surface area contributed by atoms with Crippen LogP contribution in [0.1, 0.15) is 89.3 Å². The normalized spacial score (nSPS) is 16.0. The van der Waals surface area contributed by atoms with Gasteiger partial charge in [-0.15, -0.1) is 0 Å². The van der Waals surface area contributed by atoms with Gasteiger partial charge in [0.05, 0.1) is 6.04 Å². The van der Waals surface area contributed by atoms with E-state index in [-0.39, 0.29) is 33.5 Å². The van der Waals surface area contributed by atoms with Gasteiger partial charge in [0, 0.05) is 16.6 Å². The van der Waals surface area contributed by atoms with E-state index in [1.165, 1.54) is 63.8 Å². The number of carbonyl (C=O) groups is 2. The molecular weight excluding hydrogens is 695 g/mol. The summed E-state index contributed by atoms with van der Waals surface area (Å²) in [4.78, 5) is 25.7. The highest BCUT2D eigenvalue weighted by atomic mass is 35.5. The average Bonchev–Trinajstić information content (AvgIpc) is 3.82. The van der Waals surface area contributed by atoms with Crippen molar-refractivity contribution in [3.05, 3.63) is 130 Å². The molecule has 1 aliphatic heterocycles. The number of ether oxygens (including phenoxy) is 2. The molecule has 1 heterocycles. The number of hydrogen-bond donors (Lipinski definition) is 1. The Labute approximate surface area is 309 Å². The van der Waals surface area contributed by atoms with E-state index >= 15 is 0 Å². The lowest BCUT2D eigenvalue weighted by molar-refractivity contribution is -0.152. The summed E-state index contributed by atoms with van der Waals surface area (Å²) < 4.78 is 38.0. The van der Waals surface area contributed by atoms with Crippen LogP contribution in [-0.4, -0.2) is 39.6 Å². The van der Waals surface area contributed by atoms with Crippen LogP contribution in [0.15, 0.2) is 97.1 Å². The summed E-state index contributed by atoms with van der Waals surface area (Å²) in [6.45, 7) is 6.69. The van der Waals surface area contributed by atoms with Gasteiger partial charge < -0.3 is 19.5 Å². The summed E-state index contributed by atoms with van der Waals surface area (Å²) in [7, 11) is 0. The van der Waals surface area contributed by atoms with Gasteiger partial charge in [0.2, 0.25) is 0 Å². The van der Waals surface area contributed by atoms with E-state index in [9.17, 15) is 18.4 Å². The summed E-state index contributed by atoms with van der Waals surface area (Å²) in [6, 6.07) is 28.9. The molecule has 0 radical (unpaired) electrons.